The van der Waals surface area contributed by atoms with E-state index in [4.69, 9.17) is 10.5 Å². The molecule has 0 saturated heterocycles. The van der Waals surface area contributed by atoms with E-state index >= 15 is 0 Å². The number of hydrogen-bond acceptors (Lipinski definition) is 3. The van der Waals surface area contributed by atoms with Crippen molar-refractivity contribution in [3.05, 3.63) is 29.3 Å². The summed E-state index contributed by atoms with van der Waals surface area (Å²) in [5.41, 5.74) is 7.87. The molecule has 0 unspecified atom stereocenters. The maximum absolute atomic E-state index is 12.2. The molecule has 2 rings (SSSR count). The third-order valence-corrected chi connectivity index (χ3v) is 4.24. The summed E-state index contributed by atoms with van der Waals surface area (Å²) in [6, 6.07) is 5.39. The van der Waals surface area contributed by atoms with Crippen molar-refractivity contribution in [3.63, 3.8) is 0 Å². The maximum atomic E-state index is 12.2. The molecule has 3 nitrogen and oxygen atoms in total. The van der Waals surface area contributed by atoms with Gasteiger partial charge in [0.1, 0.15) is 6.10 Å². The average Bonchev–Trinajstić information content (AvgIpc) is 2.42. The first-order valence-electron chi connectivity index (χ1n) is 7.17. The van der Waals surface area contributed by atoms with Crippen molar-refractivity contribution in [3.8, 4) is 0 Å². The molecule has 0 radical (unpaired) electrons. The van der Waals surface area contributed by atoms with Gasteiger partial charge in [0, 0.05) is 5.69 Å². The third-order valence-electron chi connectivity index (χ3n) is 4.24. The zero-order chi connectivity index (χ0) is 13.8. The monoisotopic (exact) mass is 261 g/mol. The van der Waals surface area contributed by atoms with Gasteiger partial charge in [-0.25, -0.2) is 4.79 Å². The van der Waals surface area contributed by atoms with Gasteiger partial charge in [0.25, 0.3) is 0 Å². The molecule has 2 N–H and O–H groups in total. The molecule has 1 aliphatic rings. The third kappa shape index (κ3) is 3.28. The molecular formula is C16H23NO2. The lowest BCUT2D eigenvalue weighted by Crippen LogP contribution is -2.24. The number of ether oxygens (including phenoxy) is 1. The van der Waals surface area contributed by atoms with Crippen LogP contribution in [0.5, 0.6) is 0 Å². The van der Waals surface area contributed by atoms with Crippen LogP contribution in [0.2, 0.25) is 0 Å². The normalized spacial score (nSPS) is 23.1. The van der Waals surface area contributed by atoms with Crippen molar-refractivity contribution in [2.24, 2.45) is 5.92 Å². The van der Waals surface area contributed by atoms with Crippen LogP contribution < -0.4 is 5.73 Å². The predicted molar refractivity (Wildman–Crippen MR) is 77.0 cm³/mol. The summed E-state index contributed by atoms with van der Waals surface area (Å²) in [4.78, 5) is 12.2. The standard InChI is InChI=1S/C16H23NO2/c1-3-12-7-9-13(10-8-12)19-16(18)14-5-4-6-15(17)11(14)2/h4-6,12-13H,3,7-10,17H2,1-2H3. The first-order valence-corrected chi connectivity index (χ1v) is 7.17. The molecule has 0 spiro atoms. The summed E-state index contributed by atoms with van der Waals surface area (Å²) in [7, 11) is 0. The molecule has 0 bridgehead atoms. The fourth-order valence-electron chi connectivity index (χ4n) is 2.75. The second-order valence-electron chi connectivity index (χ2n) is 5.48. The van der Waals surface area contributed by atoms with Crippen LogP contribution >= 0.6 is 0 Å². The van der Waals surface area contributed by atoms with Gasteiger partial charge in [-0.3, -0.25) is 0 Å². The lowest BCUT2D eigenvalue weighted by molar-refractivity contribution is 0.0163. The molecule has 19 heavy (non-hydrogen) atoms. The smallest absolute Gasteiger partial charge is 0.338 e. The summed E-state index contributed by atoms with van der Waals surface area (Å²) in [5, 5.41) is 0. The Labute approximate surface area is 115 Å². The second kappa shape index (κ2) is 6.09. The van der Waals surface area contributed by atoms with E-state index in [1.807, 2.05) is 6.92 Å². The zero-order valence-corrected chi connectivity index (χ0v) is 11.8. The highest BCUT2D eigenvalue weighted by molar-refractivity contribution is 5.92. The van der Waals surface area contributed by atoms with Crippen LogP contribution in [-0.2, 0) is 4.74 Å². The van der Waals surface area contributed by atoms with Crippen LogP contribution in [0.3, 0.4) is 0 Å². The average molecular weight is 261 g/mol. The van der Waals surface area contributed by atoms with E-state index in [9.17, 15) is 4.79 Å². The number of rotatable bonds is 3. The Hall–Kier alpha value is -1.51. The number of nitrogens with two attached hydrogens (primary N) is 1. The molecule has 0 aromatic heterocycles. The summed E-state index contributed by atoms with van der Waals surface area (Å²) in [5.74, 6) is 0.578. The number of carbonyl (C=O) groups excluding carboxylic acids is 1. The van der Waals surface area contributed by atoms with Crippen LogP contribution in [0.1, 0.15) is 54.9 Å². The van der Waals surface area contributed by atoms with E-state index in [0.29, 0.717) is 11.3 Å². The fraction of sp³-hybridized carbons (Fsp3) is 0.562. The van der Waals surface area contributed by atoms with Gasteiger partial charge in [0.15, 0.2) is 0 Å². The Morgan fingerprint density at radius 2 is 2.00 bits per heavy atom. The lowest BCUT2D eigenvalue weighted by Gasteiger charge is -2.27. The highest BCUT2D eigenvalue weighted by Gasteiger charge is 2.24. The molecule has 1 saturated carbocycles. The SMILES string of the molecule is CCC1CCC(OC(=O)c2cccc(N)c2C)CC1. The first-order chi connectivity index (χ1) is 9.11. The Morgan fingerprint density at radius 3 is 2.63 bits per heavy atom. The number of hydrogen-bond donors (Lipinski definition) is 1. The topological polar surface area (TPSA) is 52.3 Å². The van der Waals surface area contributed by atoms with E-state index in [1.54, 1.807) is 18.2 Å². The number of benzene rings is 1. The van der Waals surface area contributed by atoms with Crippen molar-refractivity contribution >= 4 is 11.7 Å². The van der Waals surface area contributed by atoms with Crippen LogP contribution in [-0.4, -0.2) is 12.1 Å². The molecule has 1 aromatic rings. The predicted octanol–water partition coefficient (Wildman–Crippen LogP) is 3.70. The molecule has 0 aliphatic heterocycles. The largest absolute Gasteiger partial charge is 0.459 e. The van der Waals surface area contributed by atoms with Crippen LogP contribution in [0.15, 0.2) is 18.2 Å². The van der Waals surface area contributed by atoms with E-state index in [0.717, 1.165) is 24.3 Å². The molecule has 0 heterocycles. The van der Waals surface area contributed by atoms with Gasteiger partial charge >= 0.3 is 5.97 Å². The van der Waals surface area contributed by atoms with Gasteiger partial charge in [0.05, 0.1) is 5.56 Å². The second-order valence-corrected chi connectivity index (χ2v) is 5.48. The van der Waals surface area contributed by atoms with Crippen LogP contribution in [0.4, 0.5) is 5.69 Å². The quantitative estimate of drug-likeness (QED) is 0.666. The number of carbonyl (C=O) groups is 1. The molecular weight excluding hydrogens is 238 g/mol. The van der Waals surface area contributed by atoms with E-state index in [-0.39, 0.29) is 12.1 Å². The number of anilines is 1. The molecule has 104 valence electrons. The van der Waals surface area contributed by atoms with Crippen molar-refractivity contribution in [2.45, 2.75) is 52.1 Å². The molecule has 1 aromatic carbocycles. The lowest BCUT2D eigenvalue weighted by atomic mass is 9.86. The molecule has 0 atom stereocenters. The van der Waals surface area contributed by atoms with Crippen molar-refractivity contribution < 1.29 is 9.53 Å². The number of esters is 1. The van der Waals surface area contributed by atoms with Crippen LogP contribution in [0.25, 0.3) is 0 Å². The van der Waals surface area contributed by atoms with E-state index in [1.165, 1.54) is 19.3 Å². The Bertz CT molecular complexity index is 448. The Morgan fingerprint density at radius 1 is 1.32 bits per heavy atom. The molecule has 1 fully saturated rings. The summed E-state index contributed by atoms with van der Waals surface area (Å²) >= 11 is 0. The minimum absolute atomic E-state index is 0.0798. The summed E-state index contributed by atoms with van der Waals surface area (Å²) < 4.78 is 5.61. The molecule has 0 amide bonds. The highest BCUT2D eigenvalue weighted by atomic mass is 16.5. The van der Waals surface area contributed by atoms with Gasteiger partial charge in [-0.1, -0.05) is 19.4 Å². The van der Waals surface area contributed by atoms with Crippen molar-refractivity contribution in [2.75, 3.05) is 5.73 Å². The van der Waals surface area contributed by atoms with Gasteiger partial charge in [0.2, 0.25) is 0 Å². The zero-order valence-electron chi connectivity index (χ0n) is 11.8. The molecule has 1 aliphatic carbocycles. The minimum Gasteiger partial charge on any atom is -0.459 e. The van der Waals surface area contributed by atoms with Crippen LogP contribution in [0, 0.1) is 12.8 Å². The van der Waals surface area contributed by atoms with Gasteiger partial charge < -0.3 is 10.5 Å². The minimum atomic E-state index is -0.232. The van der Waals surface area contributed by atoms with Crippen molar-refractivity contribution in [1.82, 2.24) is 0 Å². The van der Waals surface area contributed by atoms with Gasteiger partial charge in [-0.15, -0.1) is 0 Å². The first kappa shape index (κ1) is 13.9. The maximum Gasteiger partial charge on any atom is 0.338 e. The van der Waals surface area contributed by atoms with Crippen molar-refractivity contribution in [1.29, 1.82) is 0 Å². The highest BCUT2D eigenvalue weighted by Crippen LogP contribution is 2.29. The van der Waals surface area contributed by atoms with E-state index < -0.39 is 0 Å². The summed E-state index contributed by atoms with van der Waals surface area (Å²) in [6.07, 6.45) is 5.64. The van der Waals surface area contributed by atoms with Gasteiger partial charge in [-0.05, 0) is 56.2 Å². The fourth-order valence-corrected chi connectivity index (χ4v) is 2.75. The summed E-state index contributed by atoms with van der Waals surface area (Å²) in [6.45, 7) is 4.09. The molecule has 3 heteroatoms. The van der Waals surface area contributed by atoms with Gasteiger partial charge in [-0.2, -0.15) is 0 Å². The van der Waals surface area contributed by atoms with E-state index in [2.05, 4.69) is 6.92 Å². The Balaban J connectivity index is 1.96. The number of nitrogen functional groups attached to an aromatic ring is 1. The Kier molecular flexibility index (Phi) is 4.46.